The molecule has 0 aromatic heterocycles. The Hall–Kier alpha value is -1.26. The maximum Gasteiger partial charge on any atom is 0.161 e. The van der Waals surface area contributed by atoms with Crippen molar-refractivity contribution in [2.45, 2.75) is 51.4 Å². The highest BCUT2D eigenvalue weighted by Gasteiger charge is 2.26. The van der Waals surface area contributed by atoms with Crippen LogP contribution in [0.2, 0.25) is 0 Å². The van der Waals surface area contributed by atoms with E-state index in [9.17, 15) is 0 Å². The summed E-state index contributed by atoms with van der Waals surface area (Å²) in [7, 11) is 1.66. The van der Waals surface area contributed by atoms with Crippen molar-refractivity contribution in [3.05, 3.63) is 24.3 Å². The topological polar surface area (TPSA) is 39.7 Å². The lowest BCUT2D eigenvalue weighted by Crippen LogP contribution is -2.41. The molecule has 1 aliphatic heterocycles. The molecule has 1 aliphatic rings. The van der Waals surface area contributed by atoms with Crippen LogP contribution in [-0.4, -0.2) is 38.0 Å². The molecule has 21 heavy (non-hydrogen) atoms. The summed E-state index contributed by atoms with van der Waals surface area (Å²) in [6, 6.07) is 7.71. The molecule has 0 aliphatic carbocycles. The lowest BCUT2D eigenvalue weighted by Gasteiger charge is -2.23. The van der Waals surface area contributed by atoms with Gasteiger partial charge in [-0.05, 0) is 45.7 Å². The fraction of sp³-hybridized carbons (Fsp3) is 0.647. The van der Waals surface area contributed by atoms with Crippen LogP contribution in [0.4, 0.5) is 0 Å². The van der Waals surface area contributed by atoms with Crippen LogP contribution < -0.4 is 14.8 Å². The Labute approximate surface area is 127 Å². The summed E-state index contributed by atoms with van der Waals surface area (Å²) in [5.74, 6) is 1.54. The number of nitrogens with one attached hydrogen (secondary N) is 1. The van der Waals surface area contributed by atoms with Gasteiger partial charge in [0.1, 0.15) is 6.61 Å². The van der Waals surface area contributed by atoms with Crippen LogP contribution in [0.1, 0.15) is 33.6 Å². The molecule has 0 amide bonds. The van der Waals surface area contributed by atoms with E-state index in [1.807, 2.05) is 24.3 Å². The first kappa shape index (κ1) is 16.1. The third-order valence-electron chi connectivity index (χ3n) is 3.55. The number of ether oxygens (including phenoxy) is 3. The van der Waals surface area contributed by atoms with E-state index in [2.05, 4.69) is 26.1 Å². The molecule has 2 rings (SSSR count). The molecule has 4 nitrogen and oxygen atoms in total. The maximum absolute atomic E-state index is 6.02. The van der Waals surface area contributed by atoms with E-state index in [0.29, 0.717) is 6.61 Å². The fourth-order valence-electron chi connectivity index (χ4n) is 2.39. The standard InChI is InChI=1S/C17H27NO3/c1-17(2,3)18-11-13-9-10-14(21-13)12-20-16-8-6-5-7-15(16)19-4/h5-8,13-14,18H,9-12H2,1-4H3. The zero-order chi connectivity index (χ0) is 15.3. The second-order valence-corrected chi connectivity index (χ2v) is 6.55. The molecule has 1 saturated heterocycles. The first-order valence-electron chi connectivity index (χ1n) is 7.64. The van der Waals surface area contributed by atoms with Crippen LogP contribution in [0.3, 0.4) is 0 Å². The molecule has 1 aromatic rings. The Bertz CT molecular complexity index is 442. The molecular weight excluding hydrogens is 266 g/mol. The molecule has 118 valence electrons. The van der Waals surface area contributed by atoms with Crippen molar-refractivity contribution in [1.82, 2.24) is 5.32 Å². The van der Waals surface area contributed by atoms with Gasteiger partial charge in [0.25, 0.3) is 0 Å². The summed E-state index contributed by atoms with van der Waals surface area (Å²) < 4.78 is 17.1. The molecular formula is C17H27NO3. The number of rotatable bonds is 6. The Morgan fingerprint density at radius 1 is 1.14 bits per heavy atom. The third-order valence-corrected chi connectivity index (χ3v) is 3.55. The number of hydrogen-bond donors (Lipinski definition) is 1. The monoisotopic (exact) mass is 293 g/mol. The van der Waals surface area contributed by atoms with Gasteiger partial charge in [0.05, 0.1) is 19.3 Å². The fourth-order valence-corrected chi connectivity index (χ4v) is 2.39. The Morgan fingerprint density at radius 3 is 2.48 bits per heavy atom. The molecule has 0 saturated carbocycles. The molecule has 0 radical (unpaired) electrons. The average molecular weight is 293 g/mol. The molecule has 1 fully saturated rings. The summed E-state index contributed by atoms with van der Waals surface area (Å²) >= 11 is 0. The van der Waals surface area contributed by atoms with Crippen molar-refractivity contribution in [3.63, 3.8) is 0 Å². The molecule has 4 heteroatoms. The summed E-state index contributed by atoms with van der Waals surface area (Å²) in [5.41, 5.74) is 0.134. The number of hydrogen-bond acceptors (Lipinski definition) is 4. The molecule has 0 spiro atoms. The number of benzene rings is 1. The van der Waals surface area contributed by atoms with Crippen molar-refractivity contribution in [1.29, 1.82) is 0 Å². The maximum atomic E-state index is 6.02. The first-order valence-corrected chi connectivity index (χ1v) is 7.64. The van der Waals surface area contributed by atoms with E-state index < -0.39 is 0 Å². The van der Waals surface area contributed by atoms with Gasteiger partial charge < -0.3 is 19.5 Å². The average Bonchev–Trinajstić information content (AvgIpc) is 2.90. The van der Waals surface area contributed by atoms with Crippen LogP contribution in [0.5, 0.6) is 11.5 Å². The van der Waals surface area contributed by atoms with E-state index in [1.165, 1.54) is 0 Å². The van der Waals surface area contributed by atoms with Gasteiger partial charge in [-0.2, -0.15) is 0 Å². The minimum Gasteiger partial charge on any atom is -0.493 e. The lowest BCUT2D eigenvalue weighted by molar-refractivity contribution is 0.0157. The van der Waals surface area contributed by atoms with Gasteiger partial charge in [-0.15, -0.1) is 0 Å². The number of para-hydroxylation sites is 2. The highest BCUT2D eigenvalue weighted by Crippen LogP contribution is 2.27. The van der Waals surface area contributed by atoms with Gasteiger partial charge >= 0.3 is 0 Å². The predicted molar refractivity (Wildman–Crippen MR) is 84.1 cm³/mol. The van der Waals surface area contributed by atoms with Crippen molar-refractivity contribution >= 4 is 0 Å². The molecule has 1 heterocycles. The quantitative estimate of drug-likeness (QED) is 0.875. The second-order valence-electron chi connectivity index (χ2n) is 6.55. The SMILES string of the molecule is COc1ccccc1OCC1CCC(CNC(C)(C)C)O1. The van der Waals surface area contributed by atoms with Gasteiger partial charge in [-0.1, -0.05) is 12.1 Å². The smallest absolute Gasteiger partial charge is 0.161 e. The zero-order valence-corrected chi connectivity index (χ0v) is 13.5. The summed E-state index contributed by atoms with van der Waals surface area (Å²) in [6.07, 6.45) is 2.59. The summed E-state index contributed by atoms with van der Waals surface area (Å²) in [5, 5.41) is 3.49. The molecule has 2 unspecified atom stereocenters. The van der Waals surface area contributed by atoms with Crippen LogP contribution in [0.15, 0.2) is 24.3 Å². The molecule has 1 N–H and O–H groups in total. The molecule has 0 bridgehead atoms. The highest BCUT2D eigenvalue weighted by molar-refractivity contribution is 5.39. The van der Waals surface area contributed by atoms with E-state index >= 15 is 0 Å². The van der Waals surface area contributed by atoms with Crippen molar-refractivity contribution in [3.8, 4) is 11.5 Å². The van der Waals surface area contributed by atoms with Crippen molar-refractivity contribution in [2.75, 3.05) is 20.3 Å². The second kappa shape index (κ2) is 7.14. The summed E-state index contributed by atoms with van der Waals surface area (Å²) in [6.45, 7) is 7.99. The Morgan fingerprint density at radius 2 is 1.81 bits per heavy atom. The van der Waals surface area contributed by atoms with Gasteiger partial charge in [-0.3, -0.25) is 0 Å². The van der Waals surface area contributed by atoms with E-state index in [0.717, 1.165) is 30.9 Å². The normalized spacial score (nSPS) is 22.3. The first-order chi connectivity index (χ1) is 9.98. The van der Waals surface area contributed by atoms with Gasteiger partial charge in [0, 0.05) is 12.1 Å². The van der Waals surface area contributed by atoms with Gasteiger partial charge in [-0.25, -0.2) is 0 Å². The highest BCUT2D eigenvalue weighted by atomic mass is 16.6. The van der Waals surface area contributed by atoms with Crippen molar-refractivity contribution in [2.24, 2.45) is 0 Å². The zero-order valence-electron chi connectivity index (χ0n) is 13.5. The summed E-state index contributed by atoms with van der Waals surface area (Å²) in [4.78, 5) is 0. The minimum atomic E-state index is 0.134. The van der Waals surface area contributed by atoms with Crippen molar-refractivity contribution < 1.29 is 14.2 Å². The van der Waals surface area contributed by atoms with Crippen LogP contribution in [0, 0.1) is 0 Å². The van der Waals surface area contributed by atoms with E-state index in [-0.39, 0.29) is 17.7 Å². The Kier molecular flexibility index (Phi) is 5.48. The lowest BCUT2D eigenvalue weighted by atomic mass is 10.1. The largest absolute Gasteiger partial charge is 0.493 e. The predicted octanol–water partition coefficient (Wildman–Crippen LogP) is 3.01. The Balaban J connectivity index is 1.75. The third kappa shape index (κ3) is 5.21. The number of methoxy groups -OCH3 is 1. The minimum absolute atomic E-state index is 0.134. The van der Waals surface area contributed by atoms with Crippen LogP contribution in [0.25, 0.3) is 0 Å². The van der Waals surface area contributed by atoms with Crippen LogP contribution >= 0.6 is 0 Å². The van der Waals surface area contributed by atoms with E-state index in [4.69, 9.17) is 14.2 Å². The van der Waals surface area contributed by atoms with Crippen LogP contribution in [-0.2, 0) is 4.74 Å². The van der Waals surface area contributed by atoms with E-state index in [1.54, 1.807) is 7.11 Å². The molecule has 2 atom stereocenters. The van der Waals surface area contributed by atoms with Gasteiger partial charge in [0.2, 0.25) is 0 Å². The van der Waals surface area contributed by atoms with Gasteiger partial charge in [0.15, 0.2) is 11.5 Å². The molecule has 1 aromatic carbocycles.